The lowest BCUT2D eigenvalue weighted by molar-refractivity contribution is 0.415. The van der Waals surface area contributed by atoms with Crippen LogP contribution in [0.1, 0.15) is 5.56 Å². The molecule has 0 fully saturated rings. The van der Waals surface area contributed by atoms with Gasteiger partial charge in [-0.15, -0.1) is 0 Å². The molecule has 100 valence electrons. The van der Waals surface area contributed by atoms with Crippen LogP contribution >= 0.6 is 0 Å². The van der Waals surface area contributed by atoms with Crippen molar-refractivity contribution in [1.29, 1.82) is 0 Å². The van der Waals surface area contributed by atoms with Crippen LogP contribution in [0.15, 0.2) is 48.5 Å². The number of nitrogens with one attached hydrogen (secondary N) is 1. The summed E-state index contributed by atoms with van der Waals surface area (Å²) in [4.78, 5) is 2.16. The average molecular weight is 256 g/mol. The summed E-state index contributed by atoms with van der Waals surface area (Å²) in [5.74, 6) is 0.879. The SMILES string of the molecule is CNCc1ccccc1N(C)c1ccccc1OC. The number of benzene rings is 2. The van der Waals surface area contributed by atoms with E-state index >= 15 is 0 Å². The summed E-state index contributed by atoms with van der Waals surface area (Å²) in [7, 11) is 5.72. The number of hydrogen-bond donors (Lipinski definition) is 1. The van der Waals surface area contributed by atoms with Gasteiger partial charge in [-0.25, -0.2) is 0 Å². The van der Waals surface area contributed by atoms with Crippen LogP contribution in [0.3, 0.4) is 0 Å². The molecule has 0 saturated carbocycles. The van der Waals surface area contributed by atoms with Gasteiger partial charge in [-0.2, -0.15) is 0 Å². The molecule has 1 N–H and O–H groups in total. The van der Waals surface area contributed by atoms with Crippen LogP contribution < -0.4 is 15.0 Å². The number of hydrogen-bond acceptors (Lipinski definition) is 3. The van der Waals surface area contributed by atoms with Crippen LogP contribution in [0.4, 0.5) is 11.4 Å². The predicted molar refractivity (Wildman–Crippen MR) is 80.3 cm³/mol. The van der Waals surface area contributed by atoms with Gasteiger partial charge in [0.2, 0.25) is 0 Å². The minimum Gasteiger partial charge on any atom is -0.495 e. The van der Waals surface area contributed by atoms with Crippen LogP contribution in [0, 0.1) is 0 Å². The molecule has 0 atom stereocenters. The second kappa shape index (κ2) is 6.25. The summed E-state index contributed by atoms with van der Waals surface area (Å²) in [6.45, 7) is 0.843. The average Bonchev–Trinajstić information content (AvgIpc) is 2.47. The van der Waals surface area contributed by atoms with Gasteiger partial charge in [-0.1, -0.05) is 30.3 Å². The Morgan fingerprint density at radius 1 is 1.00 bits per heavy atom. The first kappa shape index (κ1) is 13.4. The molecule has 0 saturated heterocycles. The Balaban J connectivity index is 2.41. The fourth-order valence-electron chi connectivity index (χ4n) is 2.21. The maximum atomic E-state index is 5.43. The monoisotopic (exact) mass is 256 g/mol. The Morgan fingerprint density at radius 3 is 2.32 bits per heavy atom. The third-order valence-corrected chi connectivity index (χ3v) is 3.17. The molecule has 2 aromatic rings. The third kappa shape index (κ3) is 2.88. The highest BCUT2D eigenvalue weighted by atomic mass is 16.5. The van der Waals surface area contributed by atoms with Crippen molar-refractivity contribution in [2.24, 2.45) is 0 Å². The van der Waals surface area contributed by atoms with Crippen molar-refractivity contribution >= 4 is 11.4 Å². The molecule has 0 spiro atoms. The van der Waals surface area contributed by atoms with Gasteiger partial charge in [-0.05, 0) is 30.8 Å². The molecule has 3 nitrogen and oxygen atoms in total. The van der Waals surface area contributed by atoms with Crippen molar-refractivity contribution in [2.45, 2.75) is 6.54 Å². The second-order valence-electron chi connectivity index (χ2n) is 4.39. The van der Waals surface area contributed by atoms with E-state index in [-0.39, 0.29) is 0 Å². The second-order valence-corrected chi connectivity index (χ2v) is 4.39. The smallest absolute Gasteiger partial charge is 0.142 e. The van der Waals surface area contributed by atoms with Gasteiger partial charge in [0.1, 0.15) is 5.75 Å². The summed E-state index contributed by atoms with van der Waals surface area (Å²) in [5, 5.41) is 3.20. The molecule has 0 bridgehead atoms. The highest BCUT2D eigenvalue weighted by Gasteiger charge is 2.11. The lowest BCUT2D eigenvalue weighted by atomic mass is 10.1. The van der Waals surface area contributed by atoms with Gasteiger partial charge in [0.15, 0.2) is 0 Å². The van der Waals surface area contributed by atoms with Crippen molar-refractivity contribution in [2.75, 3.05) is 26.1 Å². The maximum absolute atomic E-state index is 5.43. The van der Waals surface area contributed by atoms with E-state index in [1.54, 1.807) is 7.11 Å². The van der Waals surface area contributed by atoms with E-state index in [1.807, 2.05) is 25.2 Å². The Hall–Kier alpha value is -2.00. The van der Waals surface area contributed by atoms with Crippen LogP contribution in [0.25, 0.3) is 0 Å². The Morgan fingerprint density at radius 2 is 1.63 bits per heavy atom. The fourth-order valence-corrected chi connectivity index (χ4v) is 2.21. The molecular formula is C16H20N2O. The van der Waals surface area contributed by atoms with E-state index in [2.05, 4.69) is 47.6 Å². The first-order valence-corrected chi connectivity index (χ1v) is 6.37. The molecule has 0 amide bonds. The quantitative estimate of drug-likeness (QED) is 0.889. The highest BCUT2D eigenvalue weighted by molar-refractivity contribution is 5.70. The van der Waals surface area contributed by atoms with Gasteiger partial charge in [0.05, 0.1) is 12.8 Å². The van der Waals surface area contributed by atoms with E-state index in [4.69, 9.17) is 4.74 Å². The van der Waals surface area contributed by atoms with Crippen molar-refractivity contribution in [3.8, 4) is 5.75 Å². The molecule has 0 unspecified atom stereocenters. The van der Waals surface area contributed by atoms with Crippen LogP contribution in [-0.4, -0.2) is 21.2 Å². The zero-order chi connectivity index (χ0) is 13.7. The molecule has 0 aliphatic carbocycles. The number of anilines is 2. The summed E-state index contributed by atoms with van der Waals surface area (Å²) >= 11 is 0. The molecule has 19 heavy (non-hydrogen) atoms. The molecule has 0 radical (unpaired) electrons. The van der Waals surface area contributed by atoms with Crippen LogP contribution in [-0.2, 0) is 6.54 Å². The first-order valence-electron chi connectivity index (χ1n) is 6.37. The highest BCUT2D eigenvalue weighted by Crippen LogP contribution is 2.33. The molecule has 2 rings (SSSR count). The molecule has 2 aromatic carbocycles. The predicted octanol–water partition coefficient (Wildman–Crippen LogP) is 3.18. The lowest BCUT2D eigenvalue weighted by Gasteiger charge is -2.24. The van der Waals surface area contributed by atoms with Gasteiger partial charge < -0.3 is 15.0 Å². The number of nitrogens with zero attached hydrogens (tertiary/aromatic N) is 1. The van der Waals surface area contributed by atoms with Gasteiger partial charge in [-0.3, -0.25) is 0 Å². The van der Waals surface area contributed by atoms with Crippen LogP contribution in [0.2, 0.25) is 0 Å². The summed E-state index contributed by atoms with van der Waals surface area (Å²) in [5.41, 5.74) is 3.51. The zero-order valence-corrected chi connectivity index (χ0v) is 11.7. The Kier molecular flexibility index (Phi) is 4.42. The lowest BCUT2D eigenvalue weighted by Crippen LogP contribution is -2.15. The van der Waals surface area contributed by atoms with E-state index in [1.165, 1.54) is 11.3 Å². The summed E-state index contributed by atoms with van der Waals surface area (Å²) in [6, 6.07) is 16.4. The molecule has 0 aliphatic rings. The number of rotatable bonds is 5. The first-order chi connectivity index (χ1) is 9.27. The molecule has 0 aliphatic heterocycles. The van der Waals surface area contributed by atoms with E-state index in [9.17, 15) is 0 Å². The number of methoxy groups -OCH3 is 1. The minimum atomic E-state index is 0.843. The van der Waals surface area contributed by atoms with Crippen LogP contribution in [0.5, 0.6) is 5.75 Å². The zero-order valence-electron chi connectivity index (χ0n) is 11.7. The molecular weight excluding hydrogens is 236 g/mol. The topological polar surface area (TPSA) is 24.5 Å². The molecule has 0 aromatic heterocycles. The van der Waals surface area contributed by atoms with E-state index in [0.29, 0.717) is 0 Å². The van der Waals surface area contributed by atoms with E-state index in [0.717, 1.165) is 18.0 Å². The largest absolute Gasteiger partial charge is 0.495 e. The number of para-hydroxylation sites is 3. The Labute approximate surface area is 114 Å². The Bertz CT molecular complexity index is 540. The third-order valence-electron chi connectivity index (χ3n) is 3.17. The van der Waals surface area contributed by atoms with Crippen molar-refractivity contribution < 1.29 is 4.74 Å². The van der Waals surface area contributed by atoms with Crippen molar-refractivity contribution in [1.82, 2.24) is 5.32 Å². The summed E-state index contributed by atoms with van der Waals surface area (Å²) < 4.78 is 5.43. The summed E-state index contributed by atoms with van der Waals surface area (Å²) in [6.07, 6.45) is 0. The van der Waals surface area contributed by atoms with Crippen molar-refractivity contribution in [3.63, 3.8) is 0 Å². The minimum absolute atomic E-state index is 0.843. The van der Waals surface area contributed by atoms with Gasteiger partial charge in [0, 0.05) is 19.3 Å². The molecule has 3 heteroatoms. The standard InChI is InChI=1S/C16H20N2O/c1-17-12-13-8-4-5-9-14(13)18(2)15-10-6-7-11-16(15)19-3/h4-11,17H,12H2,1-3H3. The van der Waals surface area contributed by atoms with Gasteiger partial charge >= 0.3 is 0 Å². The van der Waals surface area contributed by atoms with Gasteiger partial charge in [0.25, 0.3) is 0 Å². The molecule has 0 heterocycles. The van der Waals surface area contributed by atoms with E-state index < -0.39 is 0 Å². The van der Waals surface area contributed by atoms with Crippen molar-refractivity contribution in [3.05, 3.63) is 54.1 Å². The number of ether oxygens (including phenoxy) is 1. The fraction of sp³-hybridized carbons (Fsp3) is 0.250. The maximum Gasteiger partial charge on any atom is 0.142 e. The normalized spacial score (nSPS) is 10.3.